The summed E-state index contributed by atoms with van der Waals surface area (Å²) in [5.41, 5.74) is 3.63. The molecule has 1 amide bonds. The number of hydrogen-bond acceptors (Lipinski definition) is 3. The Morgan fingerprint density at radius 3 is 2.67 bits per heavy atom. The lowest BCUT2D eigenvalue weighted by Crippen LogP contribution is -2.12. The fourth-order valence-electron chi connectivity index (χ4n) is 2.10. The number of aryl methyl sites for hydroxylation is 1. The normalized spacial score (nSPS) is 10.2. The highest BCUT2D eigenvalue weighted by molar-refractivity contribution is 7.98. The molecule has 0 aliphatic heterocycles. The number of carbonyl (C=O) groups is 1. The summed E-state index contributed by atoms with van der Waals surface area (Å²) in [5, 5.41) is 6.21. The van der Waals surface area contributed by atoms with Crippen LogP contribution in [0.1, 0.15) is 22.8 Å². The Bertz CT molecular complexity index is 640. The van der Waals surface area contributed by atoms with E-state index in [1.54, 1.807) is 11.8 Å². The summed E-state index contributed by atoms with van der Waals surface area (Å²) >= 11 is 1.66. The molecule has 0 bridgehead atoms. The fourth-order valence-corrected chi connectivity index (χ4v) is 2.56. The molecular weight excluding hydrogens is 280 g/mol. The molecule has 0 aliphatic carbocycles. The molecular formula is C17H20N2OS. The van der Waals surface area contributed by atoms with Crippen molar-refractivity contribution in [1.82, 2.24) is 0 Å². The molecule has 0 aromatic heterocycles. The first kappa shape index (κ1) is 15.4. The van der Waals surface area contributed by atoms with Gasteiger partial charge in [-0.2, -0.15) is 0 Å². The van der Waals surface area contributed by atoms with Gasteiger partial charge in [0.1, 0.15) is 0 Å². The van der Waals surface area contributed by atoms with E-state index in [0.717, 1.165) is 28.4 Å². The van der Waals surface area contributed by atoms with Crippen molar-refractivity contribution in [2.24, 2.45) is 0 Å². The summed E-state index contributed by atoms with van der Waals surface area (Å²) in [6.45, 7) is 4.93. The maximum Gasteiger partial charge on any atom is 0.255 e. The van der Waals surface area contributed by atoms with Crippen molar-refractivity contribution < 1.29 is 4.79 Å². The lowest BCUT2D eigenvalue weighted by atomic mass is 10.1. The van der Waals surface area contributed by atoms with Gasteiger partial charge in [-0.15, -0.1) is 11.8 Å². The topological polar surface area (TPSA) is 41.1 Å². The molecule has 3 nitrogen and oxygen atoms in total. The van der Waals surface area contributed by atoms with Gasteiger partial charge in [-0.25, -0.2) is 0 Å². The molecule has 2 aromatic rings. The average molecular weight is 300 g/mol. The molecule has 0 fully saturated rings. The minimum absolute atomic E-state index is 0.0839. The largest absolute Gasteiger partial charge is 0.385 e. The van der Waals surface area contributed by atoms with Gasteiger partial charge in [0.15, 0.2) is 0 Å². The number of carbonyl (C=O) groups excluding carboxylic acids is 1. The van der Waals surface area contributed by atoms with Gasteiger partial charge in [-0.3, -0.25) is 4.79 Å². The van der Waals surface area contributed by atoms with Gasteiger partial charge in [0.2, 0.25) is 0 Å². The first-order valence-corrected chi connectivity index (χ1v) is 8.16. The van der Waals surface area contributed by atoms with Crippen molar-refractivity contribution in [3.8, 4) is 0 Å². The predicted octanol–water partition coefficient (Wildman–Crippen LogP) is 4.40. The lowest BCUT2D eigenvalue weighted by molar-refractivity contribution is 0.102. The zero-order chi connectivity index (χ0) is 15.2. The average Bonchev–Trinajstić information content (AvgIpc) is 2.49. The van der Waals surface area contributed by atoms with Crippen LogP contribution in [-0.4, -0.2) is 18.7 Å². The van der Waals surface area contributed by atoms with Gasteiger partial charge in [0.05, 0.1) is 0 Å². The van der Waals surface area contributed by atoms with Crippen molar-refractivity contribution in [2.75, 3.05) is 23.4 Å². The number of thioether (sulfide) groups is 1. The van der Waals surface area contributed by atoms with Gasteiger partial charge in [0.25, 0.3) is 5.91 Å². The van der Waals surface area contributed by atoms with Gasteiger partial charge < -0.3 is 10.6 Å². The molecule has 0 radical (unpaired) electrons. The van der Waals surface area contributed by atoms with Crippen LogP contribution in [0.4, 0.5) is 11.4 Å². The molecule has 21 heavy (non-hydrogen) atoms. The van der Waals surface area contributed by atoms with E-state index < -0.39 is 0 Å². The van der Waals surface area contributed by atoms with Crippen LogP contribution < -0.4 is 10.6 Å². The molecule has 110 valence electrons. The van der Waals surface area contributed by atoms with Crippen molar-refractivity contribution in [2.45, 2.75) is 18.7 Å². The highest BCUT2D eigenvalue weighted by Crippen LogP contribution is 2.21. The SMILES string of the molecule is CCNc1ccc(C(=O)Nc2cccc(SC)c2)cc1C. The van der Waals surface area contributed by atoms with Crippen molar-refractivity contribution >= 4 is 29.0 Å². The van der Waals surface area contributed by atoms with Crippen molar-refractivity contribution in [3.63, 3.8) is 0 Å². The first-order chi connectivity index (χ1) is 10.1. The van der Waals surface area contributed by atoms with E-state index in [2.05, 4.69) is 17.6 Å². The van der Waals surface area contributed by atoms with E-state index in [1.807, 2.05) is 55.6 Å². The minimum Gasteiger partial charge on any atom is -0.385 e. The van der Waals surface area contributed by atoms with Crippen LogP contribution in [0, 0.1) is 6.92 Å². The Morgan fingerprint density at radius 2 is 2.00 bits per heavy atom. The molecule has 2 N–H and O–H groups in total. The van der Waals surface area contributed by atoms with Crippen LogP contribution in [0.15, 0.2) is 47.4 Å². The fraction of sp³-hybridized carbons (Fsp3) is 0.235. The minimum atomic E-state index is -0.0839. The van der Waals surface area contributed by atoms with Crippen LogP contribution in [0.3, 0.4) is 0 Å². The summed E-state index contributed by atoms with van der Waals surface area (Å²) in [5.74, 6) is -0.0839. The number of amides is 1. The smallest absolute Gasteiger partial charge is 0.255 e. The summed E-state index contributed by atoms with van der Waals surface area (Å²) in [6.07, 6.45) is 2.02. The third-order valence-corrected chi connectivity index (χ3v) is 3.91. The van der Waals surface area contributed by atoms with Crippen LogP contribution in [0.5, 0.6) is 0 Å². The molecule has 2 aromatic carbocycles. The second kappa shape index (κ2) is 7.18. The molecule has 0 spiro atoms. The Kier molecular flexibility index (Phi) is 5.28. The van der Waals surface area contributed by atoms with Crippen LogP contribution in [0.25, 0.3) is 0 Å². The Morgan fingerprint density at radius 1 is 1.19 bits per heavy atom. The molecule has 0 saturated carbocycles. The molecule has 0 heterocycles. The number of benzene rings is 2. The molecule has 0 atom stereocenters. The highest BCUT2D eigenvalue weighted by atomic mass is 32.2. The number of rotatable bonds is 5. The van der Waals surface area contributed by atoms with Gasteiger partial charge in [-0.1, -0.05) is 6.07 Å². The molecule has 0 aliphatic rings. The Balaban J connectivity index is 2.14. The second-order valence-electron chi connectivity index (χ2n) is 4.75. The first-order valence-electron chi connectivity index (χ1n) is 6.94. The molecule has 4 heteroatoms. The number of anilines is 2. The summed E-state index contributed by atoms with van der Waals surface area (Å²) in [4.78, 5) is 13.4. The van der Waals surface area contributed by atoms with E-state index in [-0.39, 0.29) is 5.91 Å². The third-order valence-electron chi connectivity index (χ3n) is 3.18. The molecule has 0 unspecified atom stereocenters. The molecule has 0 saturated heterocycles. The second-order valence-corrected chi connectivity index (χ2v) is 5.63. The summed E-state index contributed by atoms with van der Waals surface area (Å²) < 4.78 is 0. The van der Waals surface area contributed by atoms with Crippen LogP contribution in [-0.2, 0) is 0 Å². The van der Waals surface area contributed by atoms with Crippen LogP contribution in [0.2, 0.25) is 0 Å². The number of nitrogens with one attached hydrogen (secondary N) is 2. The van der Waals surface area contributed by atoms with E-state index >= 15 is 0 Å². The van der Waals surface area contributed by atoms with Crippen molar-refractivity contribution in [3.05, 3.63) is 53.6 Å². The van der Waals surface area contributed by atoms with Crippen molar-refractivity contribution in [1.29, 1.82) is 0 Å². The number of hydrogen-bond donors (Lipinski definition) is 2. The lowest BCUT2D eigenvalue weighted by Gasteiger charge is -2.10. The standard InChI is InChI=1S/C17H20N2OS/c1-4-18-16-9-8-13(10-12(16)2)17(20)19-14-6-5-7-15(11-14)21-3/h5-11,18H,4H2,1-3H3,(H,19,20). The van der Waals surface area contributed by atoms with E-state index in [9.17, 15) is 4.79 Å². The van der Waals surface area contributed by atoms with E-state index in [4.69, 9.17) is 0 Å². The van der Waals surface area contributed by atoms with E-state index in [0.29, 0.717) is 5.56 Å². The third kappa shape index (κ3) is 4.02. The Labute approximate surface area is 130 Å². The van der Waals surface area contributed by atoms with Gasteiger partial charge >= 0.3 is 0 Å². The van der Waals surface area contributed by atoms with Gasteiger partial charge in [0, 0.05) is 28.4 Å². The zero-order valence-corrected chi connectivity index (χ0v) is 13.4. The summed E-state index contributed by atoms with van der Waals surface area (Å²) in [7, 11) is 0. The quantitative estimate of drug-likeness (QED) is 0.804. The predicted molar refractivity (Wildman–Crippen MR) is 91.5 cm³/mol. The highest BCUT2D eigenvalue weighted by Gasteiger charge is 2.08. The molecule has 2 rings (SSSR count). The maximum atomic E-state index is 12.3. The summed E-state index contributed by atoms with van der Waals surface area (Å²) in [6, 6.07) is 13.5. The monoisotopic (exact) mass is 300 g/mol. The zero-order valence-electron chi connectivity index (χ0n) is 12.6. The Hall–Kier alpha value is -1.94. The van der Waals surface area contributed by atoms with Gasteiger partial charge in [-0.05, 0) is 62.1 Å². The van der Waals surface area contributed by atoms with E-state index in [1.165, 1.54) is 0 Å². The maximum absolute atomic E-state index is 12.3. The van der Waals surface area contributed by atoms with Crippen LogP contribution >= 0.6 is 11.8 Å².